The summed E-state index contributed by atoms with van der Waals surface area (Å²) in [6.07, 6.45) is 5.79. The summed E-state index contributed by atoms with van der Waals surface area (Å²) in [5.41, 5.74) is 2.10. The number of ether oxygens (including phenoxy) is 1. The number of hydrogen-bond donors (Lipinski definition) is 1. The fourth-order valence-electron chi connectivity index (χ4n) is 5.30. The molecule has 1 heterocycles. The van der Waals surface area contributed by atoms with Gasteiger partial charge < -0.3 is 10.1 Å². The lowest BCUT2D eigenvalue weighted by atomic mass is 9.55. The Labute approximate surface area is 176 Å². The van der Waals surface area contributed by atoms with Crippen molar-refractivity contribution in [2.45, 2.75) is 44.8 Å². The highest BCUT2D eigenvalue weighted by atomic mass is 16.6. The van der Waals surface area contributed by atoms with Crippen LogP contribution >= 0.6 is 0 Å². The van der Waals surface area contributed by atoms with E-state index in [-0.39, 0.29) is 47.1 Å². The molecule has 30 heavy (non-hydrogen) atoms. The van der Waals surface area contributed by atoms with Crippen LogP contribution in [0.25, 0.3) is 0 Å². The molecule has 5 atom stereocenters. The molecule has 5 heteroatoms. The van der Waals surface area contributed by atoms with Gasteiger partial charge in [-0.05, 0) is 43.1 Å². The number of hydrogen-bond acceptors (Lipinski definition) is 4. The van der Waals surface area contributed by atoms with Gasteiger partial charge in [0.2, 0.25) is 5.91 Å². The number of nitrogens with one attached hydrogen (secondary N) is 1. The van der Waals surface area contributed by atoms with Gasteiger partial charge in [-0.25, -0.2) is 4.79 Å². The quantitative estimate of drug-likeness (QED) is 0.358. The molecule has 0 bridgehead atoms. The van der Waals surface area contributed by atoms with Crippen molar-refractivity contribution in [3.05, 3.63) is 72.4 Å². The van der Waals surface area contributed by atoms with Crippen LogP contribution in [0.5, 0.6) is 0 Å². The van der Waals surface area contributed by atoms with Crippen LogP contribution in [-0.2, 0) is 14.3 Å². The van der Waals surface area contributed by atoms with Crippen LogP contribution in [0.2, 0.25) is 0 Å². The second-order valence-electron chi connectivity index (χ2n) is 8.96. The molecule has 1 N–H and O–H groups in total. The molecule has 0 radical (unpaired) electrons. The van der Waals surface area contributed by atoms with Crippen molar-refractivity contribution >= 4 is 17.7 Å². The zero-order chi connectivity index (χ0) is 21.5. The van der Waals surface area contributed by atoms with Crippen LogP contribution in [0.3, 0.4) is 0 Å². The van der Waals surface area contributed by atoms with E-state index in [4.69, 9.17) is 4.74 Å². The first-order chi connectivity index (χ1) is 14.3. The molecule has 5 nitrogen and oxygen atoms in total. The molecule has 156 valence electrons. The predicted molar refractivity (Wildman–Crippen MR) is 114 cm³/mol. The Hall–Kier alpha value is -2.95. The van der Waals surface area contributed by atoms with Crippen LogP contribution in [0.1, 0.15) is 43.0 Å². The monoisotopic (exact) mass is 405 g/mol. The standard InChI is InChI=1S/C25H27NO4/c1-15-18-13-19-16(2)20(11-12-25(19,3)14-22(18)30-24(15)29)26-23(28)10-9-21(27)17-7-5-4-6-8-17/h4-10,18-20,22H,1-2,11-14H2,3H3,(H,26,28)/b10-9+/t18-,19+,20-,22-,25-/m1/s1. The number of carbonyl (C=O) groups is 3. The maximum absolute atomic E-state index is 12.4. The maximum atomic E-state index is 12.4. The SMILES string of the molecule is C=C1C(=O)O[C@@H]2C[C@@]3(C)CC[C@@H](NC(=O)/C=C/C(=O)c4ccccc4)C(=C)[C@@H]3C[C@H]12. The lowest BCUT2D eigenvalue weighted by Gasteiger charge is -2.51. The number of allylic oxidation sites excluding steroid dienone is 1. The highest BCUT2D eigenvalue weighted by Gasteiger charge is 2.54. The molecule has 1 saturated heterocycles. The van der Waals surface area contributed by atoms with Crippen molar-refractivity contribution in [1.82, 2.24) is 5.32 Å². The van der Waals surface area contributed by atoms with E-state index in [9.17, 15) is 14.4 Å². The Balaban J connectivity index is 1.41. The summed E-state index contributed by atoms with van der Waals surface area (Å²) in [6.45, 7) is 10.5. The summed E-state index contributed by atoms with van der Waals surface area (Å²) in [4.78, 5) is 36.5. The smallest absolute Gasteiger partial charge is 0.334 e. The minimum absolute atomic E-state index is 0.00346. The summed E-state index contributed by atoms with van der Waals surface area (Å²) < 4.78 is 5.53. The number of ketones is 1. The number of rotatable bonds is 4. The van der Waals surface area contributed by atoms with E-state index in [1.807, 2.05) is 6.07 Å². The normalized spacial score (nSPS) is 33.0. The van der Waals surface area contributed by atoms with Gasteiger partial charge in [-0.1, -0.05) is 56.0 Å². The van der Waals surface area contributed by atoms with E-state index in [0.29, 0.717) is 11.1 Å². The van der Waals surface area contributed by atoms with Crippen LogP contribution in [0.15, 0.2) is 66.8 Å². The fraction of sp³-hybridized carbons (Fsp3) is 0.400. The Kier molecular flexibility index (Phi) is 5.22. The lowest BCUT2D eigenvalue weighted by Crippen LogP contribution is -2.50. The Morgan fingerprint density at radius 1 is 1.20 bits per heavy atom. The first-order valence-corrected chi connectivity index (χ1v) is 10.4. The van der Waals surface area contributed by atoms with Crippen molar-refractivity contribution in [3.63, 3.8) is 0 Å². The van der Waals surface area contributed by atoms with Gasteiger partial charge in [0.05, 0.1) is 6.04 Å². The van der Waals surface area contributed by atoms with E-state index in [1.165, 1.54) is 12.2 Å². The Morgan fingerprint density at radius 3 is 2.67 bits per heavy atom. The number of fused-ring (bicyclic) bond motifs is 2. The molecule has 0 spiro atoms. The van der Waals surface area contributed by atoms with Crippen molar-refractivity contribution < 1.29 is 19.1 Å². The number of benzene rings is 1. The first-order valence-electron chi connectivity index (χ1n) is 10.4. The van der Waals surface area contributed by atoms with E-state index in [1.54, 1.807) is 24.3 Å². The zero-order valence-corrected chi connectivity index (χ0v) is 17.2. The van der Waals surface area contributed by atoms with Gasteiger partial charge in [0, 0.05) is 23.1 Å². The average Bonchev–Trinajstić information content (AvgIpc) is 3.00. The Bertz CT molecular complexity index is 947. The molecule has 3 fully saturated rings. The molecule has 1 amide bonds. The zero-order valence-electron chi connectivity index (χ0n) is 17.2. The minimum atomic E-state index is -0.300. The van der Waals surface area contributed by atoms with E-state index in [0.717, 1.165) is 31.3 Å². The highest BCUT2D eigenvalue weighted by molar-refractivity contribution is 6.07. The molecule has 0 unspecified atom stereocenters. The molecule has 1 aromatic carbocycles. The van der Waals surface area contributed by atoms with E-state index < -0.39 is 0 Å². The highest BCUT2D eigenvalue weighted by Crippen LogP contribution is 2.56. The van der Waals surface area contributed by atoms with Crippen LogP contribution < -0.4 is 5.32 Å². The molecule has 1 aromatic rings. The molecular formula is C25H27NO4. The van der Waals surface area contributed by atoms with Gasteiger partial charge in [0.25, 0.3) is 0 Å². The van der Waals surface area contributed by atoms with Gasteiger partial charge in [0.15, 0.2) is 5.78 Å². The van der Waals surface area contributed by atoms with Crippen molar-refractivity contribution in [2.24, 2.45) is 17.3 Å². The summed E-state index contributed by atoms with van der Waals surface area (Å²) in [6, 6.07) is 8.71. The van der Waals surface area contributed by atoms with E-state index in [2.05, 4.69) is 25.4 Å². The third kappa shape index (κ3) is 3.64. The maximum Gasteiger partial charge on any atom is 0.334 e. The predicted octanol–water partition coefficient (Wildman–Crippen LogP) is 3.77. The Morgan fingerprint density at radius 2 is 1.93 bits per heavy atom. The average molecular weight is 405 g/mol. The van der Waals surface area contributed by atoms with Gasteiger partial charge >= 0.3 is 5.97 Å². The van der Waals surface area contributed by atoms with Crippen LogP contribution in [0, 0.1) is 17.3 Å². The molecule has 4 rings (SSSR count). The lowest BCUT2D eigenvalue weighted by molar-refractivity contribution is -0.142. The summed E-state index contributed by atoms with van der Waals surface area (Å²) >= 11 is 0. The molecule has 2 aliphatic carbocycles. The third-order valence-corrected chi connectivity index (χ3v) is 7.08. The topological polar surface area (TPSA) is 72.5 Å². The summed E-state index contributed by atoms with van der Waals surface area (Å²) in [5, 5.41) is 3.01. The van der Waals surface area contributed by atoms with Crippen molar-refractivity contribution in [3.8, 4) is 0 Å². The number of carbonyl (C=O) groups excluding carboxylic acids is 3. The molecule has 0 aromatic heterocycles. The van der Waals surface area contributed by atoms with Gasteiger partial charge in [-0.2, -0.15) is 0 Å². The summed E-state index contributed by atoms with van der Waals surface area (Å²) in [5.74, 6) is -0.560. The summed E-state index contributed by atoms with van der Waals surface area (Å²) in [7, 11) is 0. The molecular weight excluding hydrogens is 378 g/mol. The fourth-order valence-corrected chi connectivity index (χ4v) is 5.30. The second kappa shape index (κ2) is 7.71. The van der Waals surface area contributed by atoms with Crippen LogP contribution in [0.4, 0.5) is 0 Å². The molecule has 2 saturated carbocycles. The van der Waals surface area contributed by atoms with Crippen molar-refractivity contribution in [1.29, 1.82) is 0 Å². The largest absolute Gasteiger partial charge is 0.458 e. The first kappa shape index (κ1) is 20.3. The second-order valence-corrected chi connectivity index (χ2v) is 8.96. The number of amides is 1. The minimum Gasteiger partial charge on any atom is -0.458 e. The van der Waals surface area contributed by atoms with Crippen molar-refractivity contribution in [2.75, 3.05) is 0 Å². The van der Waals surface area contributed by atoms with Gasteiger partial charge in [-0.3, -0.25) is 9.59 Å². The third-order valence-electron chi connectivity index (χ3n) is 7.08. The van der Waals surface area contributed by atoms with E-state index >= 15 is 0 Å². The number of esters is 1. The molecule has 1 aliphatic heterocycles. The van der Waals surface area contributed by atoms with Gasteiger partial charge in [0.1, 0.15) is 6.10 Å². The van der Waals surface area contributed by atoms with Gasteiger partial charge in [-0.15, -0.1) is 0 Å². The van der Waals surface area contributed by atoms with Crippen LogP contribution in [-0.4, -0.2) is 29.8 Å². The molecule has 3 aliphatic rings.